The first-order chi connectivity index (χ1) is 7.88. The van der Waals surface area contributed by atoms with Gasteiger partial charge in [-0.05, 0) is 18.6 Å². The van der Waals surface area contributed by atoms with Gasteiger partial charge in [0.2, 0.25) is 10.0 Å². The third-order valence-electron chi connectivity index (χ3n) is 2.13. The van der Waals surface area contributed by atoms with Gasteiger partial charge in [0.05, 0.1) is 5.02 Å². The van der Waals surface area contributed by atoms with Crippen LogP contribution in [0, 0.1) is 5.82 Å². The van der Waals surface area contributed by atoms with Crippen LogP contribution in [0.4, 0.5) is 10.1 Å². The maximum atomic E-state index is 13.6. The van der Waals surface area contributed by atoms with Crippen LogP contribution < -0.4 is 10.5 Å². The van der Waals surface area contributed by atoms with Gasteiger partial charge >= 0.3 is 0 Å². The maximum absolute atomic E-state index is 13.6. The second-order valence-electron chi connectivity index (χ2n) is 3.57. The van der Waals surface area contributed by atoms with E-state index in [-0.39, 0.29) is 17.3 Å². The van der Waals surface area contributed by atoms with Crippen LogP contribution in [0.5, 0.6) is 0 Å². The smallest absolute Gasteiger partial charge is 0.243 e. The van der Waals surface area contributed by atoms with Crippen molar-refractivity contribution < 1.29 is 12.8 Å². The molecule has 3 N–H and O–H groups in total. The zero-order valence-electron chi connectivity index (χ0n) is 9.33. The van der Waals surface area contributed by atoms with Crippen molar-refractivity contribution in [3.63, 3.8) is 0 Å². The molecule has 0 saturated heterocycles. The number of nitrogen functional groups attached to an aromatic ring is 1. The van der Waals surface area contributed by atoms with E-state index >= 15 is 0 Å². The highest BCUT2D eigenvalue weighted by Crippen LogP contribution is 2.25. The average Bonchev–Trinajstić information content (AvgIpc) is 2.23. The highest BCUT2D eigenvalue weighted by Gasteiger charge is 2.21. The normalized spacial score (nSPS) is 11.7. The fourth-order valence-electron chi connectivity index (χ4n) is 1.24. The van der Waals surface area contributed by atoms with Crippen molar-refractivity contribution in [1.82, 2.24) is 4.72 Å². The van der Waals surface area contributed by atoms with Crippen molar-refractivity contribution in [2.24, 2.45) is 0 Å². The summed E-state index contributed by atoms with van der Waals surface area (Å²) < 4.78 is 39.4. The standard InChI is InChI=1S/C10H14ClFN2O2S/c1-2-3-4-14-17(15,16)9-6-7(13)5-8(11)10(9)12/h5-6,14H,2-4,13H2,1H3. The molecule has 1 aromatic carbocycles. The first-order valence-electron chi connectivity index (χ1n) is 5.12. The molecule has 17 heavy (non-hydrogen) atoms. The van der Waals surface area contributed by atoms with Gasteiger partial charge in [0, 0.05) is 12.2 Å². The number of benzene rings is 1. The van der Waals surface area contributed by atoms with Crippen LogP contribution in [0.15, 0.2) is 17.0 Å². The minimum atomic E-state index is -3.90. The molecule has 0 aliphatic carbocycles. The fraction of sp³-hybridized carbons (Fsp3) is 0.400. The first kappa shape index (κ1) is 14.2. The second-order valence-corrected chi connectivity index (χ2v) is 5.71. The highest BCUT2D eigenvalue weighted by atomic mass is 35.5. The Hall–Kier alpha value is -0.850. The van der Waals surface area contributed by atoms with Gasteiger partial charge in [-0.2, -0.15) is 0 Å². The van der Waals surface area contributed by atoms with E-state index < -0.39 is 20.7 Å². The predicted molar refractivity (Wildman–Crippen MR) is 65.9 cm³/mol. The monoisotopic (exact) mass is 280 g/mol. The fourth-order valence-corrected chi connectivity index (χ4v) is 2.73. The van der Waals surface area contributed by atoms with E-state index in [0.717, 1.165) is 12.5 Å². The summed E-state index contributed by atoms with van der Waals surface area (Å²) in [7, 11) is -3.90. The molecule has 0 heterocycles. The van der Waals surface area contributed by atoms with Crippen LogP contribution in [0.1, 0.15) is 19.8 Å². The van der Waals surface area contributed by atoms with Crippen molar-refractivity contribution in [2.75, 3.05) is 12.3 Å². The molecule has 0 aliphatic rings. The predicted octanol–water partition coefficient (Wildman–Crippen LogP) is 2.14. The molecule has 0 aromatic heterocycles. The van der Waals surface area contributed by atoms with Crippen molar-refractivity contribution >= 4 is 27.3 Å². The third-order valence-corrected chi connectivity index (χ3v) is 3.86. The van der Waals surface area contributed by atoms with Crippen molar-refractivity contribution in [3.05, 3.63) is 23.0 Å². The van der Waals surface area contributed by atoms with E-state index in [1.54, 1.807) is 0 Å². The van der Waals surface area contributed by atoms with Gasteiger partial charge in [0.1, 0.15) is 4.90 Å². The lowest BCUT2D eigenvalue weighted by molar-refractivity contribution is 0.555. The van der Waals surface area contributed by atoms with Crippen LogP contribution >= 0.6 is 11.6 Å². The van der Waals surface area contributed by atoms with Gasteiger partial charge in [-0.25, -0.2) is 17.5 Å². The third kappa shape index (κ3) is 3.55. The minimum absolute atomic E-state index is 0.104. The number of nitrogens with one attached hydrogen (secondary N) is 1. The summed E-state index contributed by atoms with van der Waals surface area (Å²) in [5.74, 6) is -0.982. The molecule has 0 atom stereocenters. The van der Waals surface area contributed by atoms with Crippen molar-refractivity contribution in [3.8, 4) is 0 Å². The van der Waals surface area contributed by atoms with E-state index in [9.17, 15) is 12.8 Å². The van der Waals surface area contributed by atoms with Gasteiger partial charge in [0.15, 0.2) is 5.82 Å². The number of unbranched alkanes of at least 4 members (excludes halogenated alkanes) is 1. The molecular formula is C10H14ClFN2O2S. The Bertz CT molecular complexity index is 505. The Morgan fingerprint density at radius 2 is 2.12 bits per heavy atom. The Morgan fingerprint density at radius 1 is 1.47 bits per heavy atom. The number of hydrogen-bond acceptors (Lipinski definition) is 3. The summed E-state index contributed by atoms with van der Waals surface area (Å²) in [6.07, 6.45) is 1.51. The molecule has 0 amide bonds. The summed E-state index contributed by atoms with van der Waals surface area (Å²) in [5.41, 5.74) is 5.54. The summed E-state index contributed by atoms with van der Waals surface area (Å²) in [6.45, 7) is 2.18. The Kier molecular flexibility index (Phi) is 4.73. The molecule has 1 rings (SSSR count). The molecule has 0 spiro atoms. The molecule has 0 bridgehead atoms. The lowest BCUT2D eigenvalue weighted by Gasteiger charge is -2.09. The number of nitrogens with two attached hydrogens (primary N) is 1. The van der Waals surface area contributed by atoms with Crippen LogP contribution in [0.3, 0.4) is 0 Å². The zero-order chi connectivity index (χ0) is 13.1. The lowest BCUT2D eigenvalue weighted by atomic mass is 10.3. The van der Waals surface area contributed by atoms with Crippen LogP contribution in [0.2, 0.25) is 5.02 Å². The number of halogens is 2. The Labute approximate surface area is 105 Å². The molecule has 0 aliphatic heterocycles. The number of sulfonamides is 1. The highest BCUT2D eigenvalue weighted by molar-refractivity contribution is 7.89. The maximum Gasteiger partial charge on any atom is 0.243 e. The Balaban J connectivity index is 3.06. The van der Waals surface area contributed by atoms with E-state index in [0.29, 0.717) is 6.42 Å². The molecular weight excluding hydrogens is 267 g/mol. The summed E-state index contributed by atoms with van der Waals surface area (Å²) in [6, 6.07) is 2.22. The molecule has 0 radical (unpaired) electrons. The van der Waals surface area contributed by atoms with Crippen LogP contribution in [0.25, 0.3) is 0 Å². The largest absolute Gasteiger partial charge is 0.399 e. The van der Waals surface area contributed by atoms with E-state index in [1.807, 2.05) is 6.92 Å². The topological polar surface area (TPSA) is 72.2 Å². The van der Waals surface area contributed by atoms with Crippen LogP contribution in [-0.4, -0.2) is 15.0 Å². The summed E-state index contributed by atoms with van der Waals surface area (Å²) in [4.78, 5) is -0.515. The molecule has 0 fully saturated rings. The first-order valence-corrected chi connectivity index (χ1v) is 6.98. The molecule has 7 heteroatoms. The number of hydrogen-bond donors (Lipinski definition) is 2. The van der Waals surface area contributed by atoms with Gasteiger partial charge in [-0.15, -0.1) is 0 Å². The summed E-state index contributed by atoms with van der Waals surface area (Å²) in [5, 5.41) is -0.305. The van der Waals surface area contributed by atoms with E-state index in [1.165, 1.54) is 6.07 Å². The summed E-state index contributed by atoms with van der Waals surface area (Å²) >= 11 is 5.54. The zero-order valence-corrected chi connectivity index (χ0v) is 10.9. The molecule has 96 valence electrons. The quantitative estimate of drug-likeness (QED) is 0.641. The average molecular weight is 281 g/mol. The van der Waals surface area contributed by atoms with Crippen LogP contribution in [-0.2, 0) is 10.0 Å². The van der Waals surface area contributed by atoms with Crippen molar-refractivity contribution in [2.45, 2.75) is 24.7 Å². The second kappa shape index (κ2) is 5.66. The number of rotatable bonds is 5. The van der Waals surface area contributed by atoms with Gasteiger partial charge in [-0.1, -0.05) is 24.9 Å². The van der Waals surface area contributed by atoms with E-state index in [2.05, 4.69) is 4.72 Å². The van der Waals surface area contributed by atoms with E-state index in [4.69, 9.17) is 17.3 Å². The minimum Gasteiger partial charge on any atom is -0.399 e. The van der Waals surface area contributed by atoms with Gasteiger partial charge in [0.25, 0.3) is 0 Å². The SMILES string of the molecule is CCCCNS(=O)(=O)c1cc(N)cc(Cl)c1F. The molecule has 0 saturated carbocycles. The van der Waals surface area contributed by atoms with Gasteiger partial charge in [-0.3, -0.25) is 0 Å². The molecule has 4 nitrogen and oxygen atoms in total. The molecule has 1 aromatic rings. The van der Waals surface area contributed by atoms with Crippen molar-refractivity contribution in [1.29, 1.82) is 0 Å². The lowest BCUT2D eigenvalue weighted by Crippen LogP contribution is -2.25. The Morgan fingerprint density at radius 3 is 2.71 bits per heavy atom. The number of anilines is 1. The molecule has 0 unspecified atom stereocenters. The van der Waals surface area contributed by atoms with Gasteiger partial charge < -0.3 is 5.73 Å².